The molecule has 100 valence electrons. The summed E-state index contributed by atoms with van der Waals surface area (Å²) in [5, 5.41) is 0. The average molecular weight is 272 g/mol. The van der Waals surface area contributed by atoms with Crippen molar-refractivity contribution >= 4 is 22.0 Å². The predicted octanol–water partition coefficient (Wildman–Crippen LogP) is 1.82. The maximum absolute atomic E-state index is 12.1. The van der Waals surface area contributed by atoms with Gasteiger partial charge in [0.2, 0.25) is 0 Å². The van der Waals surface area contributed by atoms with E-state index in [1.165, 1.54) is 0 Å². The Kier molecular flexibility index (Phi) is 4.55. The van der Waals surface area contributed by atoms with Gasteiger partial charge in [0.1, 0.15) is 0 Å². The molecular weight excluding hydrogens is 256 g/mol. The van der Waals surface area contributed by atoms with Crippen LogP contribution in [0.2, 0.25) is 0 Å². The number of carbonyl (C=O) groups excluding carboxylic acids is 1. The van der Waals surface area contributed by atoms with Crippen molar-refractivity contribution in [3.63, 3.8) is 0 Å². The van der Waals surface area contributed by atoms with Gasteiger partial charge in [-0.25, -0.2) is 4.79 Å². The zero-order valence-corrected chi connectivity index (χ0v) is 11.3. The number of nitrogens with one attached hydrogen (secondary N) is 1. The quantitative estimate of drug-likeness (QED) is 0.907. The first-order chi connectivity index (χ1) is 8.38. The van der Waals surface area contributed by atoms with Gasteiger partial charge in [-0.3, -0.25) is 4.72 Å². The van der Waals surface area contributed by atoms with Gasteiger partial charge in [-0.05, 0) is 26.0 Å². The Labute approximate surface area is 107 Å². The lowest BCUT2D eigenvalue weighted by Gasteiger charge is -2.24. The van der Waals surface area contributed by atoms with Gasteiger partial charge >= 0.3 is 16.3 Å². The number of hydrogen-bond acceptors (Lipinski definition) is 4. The highest BCUT2D eigenvalue weighted by Crippen LogP contribution is 2.14. The average Bonchev–Trinajstić information content (AvgIpc) is 2.28. The van der Waals surface area contributed by atoms with E-state index in [-0.39, 0.29) is 0 Å². The van der Waals surface area contributed by atoms with E-state index >= 15 is 0 Å². The molecule has 0 aliphatic rings. The lowest BCUT2D eigenvalue weighted by Crippen LogP contribution is -2.44. The third kappa shape index (κ3) is 3.36. The molecular formula is C11H16N2O4S. The minimum Gasteiger partial charge on any atom is -0.452 e. The minimum absolute atomic E-state index is 0.382. The highest BCUT2D eigenvalue weighted by molar-refractivity contribution is 7.90. The Hall–Kier alpha value is -1.76. The number of ether oxygens (including phenoxy) is 1. The maximum atomic E-state index is 12.1. The van der Waals surface area contributed by atoms with Gasteiger partial charge in [0.25, 0.3) is 0 Å². The van der Waals surface area contributed by atoms with Crippen molar-refractivity contribution in [2.45, 2.75) is 19.9 Å². The van der Waals surface area contributed by atoms with E-state index in [0.717, 1.165) is 7.11 Å². The normalized spacial score (nSPS) is 11.1. The molecule has 0 spiro atoms. The van der Waals surface area contributed by atoms with Crippen LogP contribution in [0.25, 0.3) is 0 Å². The molecule has 1 aromatic carbocycles. The summed E-state index contributed by atoms with van der Waals surface area (Å²) in [6.45, 7) is 3.17. The molecule has 7 heteroatoms. The second-order valence-electron chi connectivity index (χ2n) is 3.83. The Balaban J connectivity index is 3.00. The number of para-hydroxylation sites is 1. The van der Waals surface area contributed by atoms with Crippen molar-refractivity contribution in [2.24, 2.45) is 0 Å². The zero-order chi connectivity index (χ0) is 13.8. The lowest BCUT2D eigenvalue weighted by molar-refractivity contribution is 0.142. The van der Waals surface area contributed by atoms with Crippen LogP contribution in [0.15, 0.2) is 30.3 Å². The first-order valence-electron chi connectivity index (χ1n) is 5.33. The van der Waals surface area contributed by atoms with Crippen LogP contribution in [0.4, 0.5) is 10.5 Å². The van der Waals surface area contributed by atoms with Gasteiger partial charge in [-0.2, -0.15) is 12.7 Å². The molecule has 0 aliphatic carbocycles. The number of methoxy groups -OCH3 is 1. The van der Waals surface area contributed by atoms with Gasteiger partial charge in [0.05, 0.1) is 12.8 Å². The second-order valence-corrected chi connectivity index (χ2v) is 5.38. The Bertz CT molecular complexity index is 499. The van der Waals surface area contributed by atoms with Gasteiger partial charge in [0, 0.05) is 6.04 Å². The third-order valence-corrected chi connectivity index (χ3v) is 3.69. The molecule has 0 bridgehead atoms. The van der Waals surface area contributed by atoms with E-state index in [0.29, 0.717) is 9.99 Å². The predicted molar refractivity (Wildman–Crippen MR) is 68.4 cm³/mol. The van der Waals surface area contributed by atoms with Crippen LogP contribution in [-0.2, 0) is 14.9 Å². The summed E-state index contributed by atoms with van der Waals surface area (Å²) in [5.74, 6) is 0. The van der Waals surface area contributed by atoms with Crippen LogP contribution < -0.4 is 4.72 Å². The molecule has 0 aliphatic heterocycles. The van der Waals surface area contributed by atoms with Crippen LogP contribution in [0.5, 0.6) is 0 Å². The Morgan fingerprint density at radius 1 is 1.28 bits per heavy atom. The SMILES string of the molecule is COC(=O)N(C(C)C)S(=O)(=O)Nc1ccccc1. The van der Waals surface area contributed by atoms with Crippen molar-refractivity contribution < 1.29 is 17.9 Å². The minimum atomic E-state index is -3.98. The standard InChI is InChI=1S/C11H16N2O4S/c1-9(2)13(11(14)17-3)18(15,16)12-10-7-5-4-6-8-10/h4-9,12H,1-3H3. The van der Waals surface area contributed by atoms with Crippen LogP contribution in [-0.4, -0.2) is 32.0 Å². The maximum Gasteiger partial charge on any atom is 0.424 e. The smallest absolute Gasteiger partial charge is 0.424 e. The molecule has 1 N–H and O–H groups in total. The van der Waals surface area contributed by atoms with E-state index in [4.69, 9.17) is 0 Å². The molecule has 0 radical (unpaired) electrons. The molecule has 0 heterocycles. The van der Waals surface area contributed by atoms with Crippen molar-refractivity contribution in [3.05, 3.63) is 30.3 Å². The number of hydrogen-bond donors (Lipinski definition) is 1. The number of benzene rings is 1. The van der Waals surface area contributed by atoms with Gasteiger partial charge < -0.3 is 4.74 Å². The largest absolute Gasteiger partial charge is 0.452 e. The second kappa shape index (κ2) is 5.72. The molecule has 0 atom stereocenters. The fourth-order valence-electron chi connectivity index (χ4n) is 1.38. The first kappa shape index (κ1) is 14.3. The topological polar surface area (TPSA) is 75.7 Å². The molecule has 0 unspecified atom stereocenters. The Morgan fingerprint density at radius 3 is 2.28 bits per heavy atom. The molecule has 18 heavy (non-hydrogen) atoms. The van der Waals surface area contributed by atoms with Gasteiger partial charge in [-0.15, -0.1) is 0 Å². The highest BCUT2D eigenvalue weighted by Gasteiger charge is 2.30. The molecule has 0 aromatic heterocycles. The van der Waals surface area contributed by atoms with Crippen LogP contribution in [0.3, 0.4) is 0 Å². The Morgan fingerprint density at radius 2 is 1.83 bits per heavy atom. The molecule has 0 fully saturated rings. The van der Waals surface area contributed by atoms with E-state index in [9.17, 15) is 13.2 Å². The number of amides is 1. The summed E-state index contributed by atoms with van der Waals surface area (Å²) in [7, 11) is -2.84. The zero-order valence-electron chi connectivity index (χ0n) is 10.5. The van der Waals surface area contributed by atoms with E-state index < -0.39 is 22.3 Å². The molecule has 1 amide bonds. The molecule has 6 nitrogen and oxygen atoms in total. The summed E-state index contributed by atoms with van der Waals surface area (Å²) in [4.78, 5) is 11.5. The van der Waals surface area contributed by atoms with E-state index in [1.54, 1.807) is 44.2 Å². The van der Waals surface area contributed by atoms with Crippen molar-refractivity contribution in [1.29, 1.82) is 0 Å². The monoisotopic (exact) mass is 272 g/mol. The number of anilines is 1. The van der Waals surface area contributed by atoms with E-state index in [2.05, 4.69) is 9.46 Å². The van der Waals surface area contributed by atoms with Crippen molar-refractivity contribution in [3.8, 4) is 0 Å². The van der Waals surface area contributed by atoms with Crippen LogP contribution in [0.1, 0.15) is 13.8 Å². The summed E-state index contributed by atoms with van der Waals surface area (Å²) < 4.78 is 31.5. The van der Waals surface area contributed by atoms with Crippen molar-refractivity contribution in [2.75, 3.05) is 11.8 Å². The van der Waals surface area contributed by atoms with Gasteiger partial charge in [-0.1, -0.05) is 18.2 Å². The summed E-state index contributed by atoms with van der Waals surface area (Å²) >= 11 is 0. The summed E-state index contributed by atoms with van der Waals surface area (Å²) in [5.41, 5.74) is 0.382. The number of carbonyl (C=O) groups is 1. The van der Waals surface area contributed by atoms with Crippen LogP contribution >= 0.6 is 0 Å². The summed E-state index contributed by atoms with van der Waals surface area (Å²) in [6, 6.07) is 7.78. The van der Waals surface area contributed by atoms with E-state index in [1.807, 2.05) is 0 Å². The lowest BCUT2D eigenvalue weighted by atomic mass is 10.3. The first-order valence-corrected chi connectivity index (χ1v) is 6.77. The highest BCUT2D eigenvalue weighted by atomic mass is 32.2. The fraction of sp³-hybridized carbons (Fsp3) is 0.364. The summed E-state index contributed by atoms with van der Waals surface area (Å²) in [6.07, 6.45) is -0.923. The molecule has 0 saturated carbocycles. The van der Waals surface area contributed by atoms with Crippen LogP contribution in [0, 0.1) is 0 Å². The van der Waals surface area contributed by atoms with Crippen molar-refractivity contribution in [1.82, 2.24) is 4.31 Å². The molecule has 0 saturated heterocycles. The van der Waals surface area contributed by atoms with Gasteiger partial charge in [0.15, 0.2) is 0 Å². The fourth-order valence-corrected chi connectivity index (χ4v) is 2.74. The molecule has 1 rings (SSSR count). The number of rotatable bonds is 4. The number of nitrogens with zero attached hydrogens (tertiary/aromatic N) is 1. The third-order valence-electron chi connectivity index (χ3n) is 2.10. The molecule has 1 aromatic rings.